The van der Waals surface area contributed by atoms with Gasteiger partial charge in [-0.15, -0.1) is 11.3 Å². The van der Waals surface area contributed by atoms with E-state index >= 15 is 0 Å². The van der Waals surface area contributed by atoms with Gasteiger partial charge >= 0.3 is 5.82 Å². The third-order valence-corrected chi connectivity index (χ3v) is 15.9. The molecule has 0 atom stereocenters. The summed E-state index contributed by atoms with van der Waals surface area (Å²) in [7, 11) is 0. The van der Waals surface area contributed by atoms with E-state index in [4.69, 9.17) is 24.5 Å². The molecule has 2 aliphatic rings. The lowest BCUT2D eigenvalue weighted by atomic mass is 9.70. The minimum atomic E-state index is -0.833. The fourth-order valence-electron chi connectivity index (χ4n) is 10.9. The molecule has 6 heteroatoms. The third-order valence-electron chi connectivity index (χ3n) is 14.8. The van der Waals surface area contributed by atoms with Crippen molar-refractivity contribution in [1.82, 2.24) is 0 Å². The minimum Gasteiger partial charge on any atom is -0.499 e. The predicted molar refractivity (Wildman–Crippen MR) is 310 cm³/mol. The molecule has 1 aliphatic carbocycles. The largest absolute Gasteiger partial charge is 0.550 e. The number of hydrogen-bond donors (Lipinski definition) is 0. The van der Waals surface area contributed by atoms with Crippen LogP contribution in [-0.2, 0) is 10.2 Å². The van der Waals surface area contributed by atoms with Crippen LogP contribution in [0.25, 0.3) is 55.0 Å². The molecule has 8 rings (SSSR count). The molecule has 0 saturated heterocycles. The van der Waals surface area contributed by atoms with Gasteiger partial charge in [0.05, 0.1) is 6.57 Å². The van der Waals surface area contributed by atoms with Crippen molar-refractivity contribution in [1.29, 1.82) is 0 Å². The van der Waals surface area contributed by atoms with Crippen LogP contribution in [0, 0.1) is 33.6 Å². The van der Waals surface area contributed by atoms with Crippen LogP contribution in [-0.4, -0.2) is 5.60 Å². The molecule has 6 aromatic rings. The molecule has 0 saturated carbocycles. The summed E-state index contributed by atoms with van der Waals surface area (Å²) in [5.41, 5.74) is 15.6. The van der Waals surface area contributed by atoms with E-state index in [1.165, 1.54) is 123 Å². The third kappa shape index (κ3) is 11.9. The number of fused-ring (bicyclic) bond motifs is 3. The first kappa shape index (κ1) is 52.2. The van der Waals surface area contributed by atoms with Crippen LogP contribution in [0.1, 0.15) is 155 Å². The first-order valence-corrected chi connectivity index (χ1v) is 27.4. The van der Waals surface area contributed by atoms with Crippen molar-refractivity contribution in [2.45, 2.75) is 142 Å². The second kappa shape index (κ2) is 24.0. The number of ether oxygens (including phenoxy) is 1. The van der Waals surface area contributed by atoms with Crippen molar-refractivity contribution in [2.24, 2.45) is 0 Å². The average Bonchev–Trinajstić information content (AvgIpc) is 4.05. The molecule has 5 nitrogen and oxygen atoms in total. The summed E-state index contributed by atoms with van der Waals surface area (Å²) in [5, 5.41) is 0. The Morgan fingerprint density at radius 2 is 1.04 bits per heavy atom. The monoisotopic (exact) mass is 979 g/mol. The molecule has 0 unspecified atom stereocenters. The van der Waals surface area contributed by atoms with Crippen LogP contribution in [0.15, 0.2) is 150 Å². The smallest absolute Gasteiger partial charge is 0.499 e. The second-order valence-corrected chi connectivity index (χ2v) is 21.7. The highest BCUT2D eigenvalue weighted by atomic mass is 32.1. The highest BCUT2D eigenvalue weighted by Crippen LogP contribution is 2.55. The molecule has 0 spiro atoms. The Morgan fingerprint density at radius 3 is 1.62 bits per heavy atom. The first-order valence-electron chi connectivity index (χ1n) is 26.6. The van der Waals surface area contributed by atoms with Crippen LogP contribution >= 0.6 is 11.3 Å². The van der Waals surface area contributed by atoms with E-state index < -0.39 is 5.60 Å². The van der Waals surface area contributed by atoms with Crippen molar-refractivity contribution < 1.29 is 4.74 Å². The van der Waals surface area contributed by atoms with E-state index in [9.17, 15) is 0 Å². The number of thiophene rings is 1. The van der Waals surface area contributed by atoms with Gasteiger partial charge in [-0.1, -0.05) is 181 Å². The lowest BCUT2D eigenvalue weighted by Crippen LogP contribution is -2.25. The van der Waals surface area contributed by atoms with Gasteiger partial charge in [0.15, 0.2) is 0 Å². The van der Waals surface area contributed by atoms with Crippen molar-refractivity contribution in [3.05, 3.63) is 222 Å². The fourth-order valence-corrected chi connectivity index (χ4v) is 11.7. The van der Waals surface area contributed by atoms with E-state index in [1.54, 1.807) is 22.5 Å². The van der Waals surface area contributed by atoms with Crippen molar-refractivity contribution in [3.63, 3.8) is 0 Å². The second-order valence-electron chi connectivity index (χ2n) is 20.5. The zero-order chi connectivity index (χ0) is 51.4. The summed E-state index contributed by atoms with van der Waals surface area (Å²) in [6, 6.07) is 45.5. The molecule has 73 heavy (non-hydrogen) atoms. The Morgan fingerprint density at radius 1 is 0.548 bits per heavy atom. The summed E-state index contributed by atoms with van der Waals surface area (Å²) in [6.07, 6.45) is 26.3. The lowest BCUT2D eigenvalue weighted by Gasteiger charge is -2.33. The number of aryl methyl sites for hydroxylation is 2. The summed E-state index contributed by atoms with van der Waals surface area (Å²) in [6.45, 7) is 35.3. The Bertz CT molecular complexity index is 3110. The van der Waals surface area contributed by atoms with E-state index in [0.717, 1.165) is 32.4 Å². The van der Waals surface area contributed by atoms with E-state index in [1.807, 2.05) is 26.0 Å². The molecule has 370 valence electrons. The van der Waals surface area contributed by atoms with Crippen molar-refractivity contribution in [3.8, 4) is 22.3 Å². The fraction of sp³-hybridized carbons (Fsp3) is 0.328. The Balaban J connectivity index is 1.04. The molecule has 0 bridgehead atoms. The molecule has 0 N–H and O–H groups in total. The number of rotatable bonds is 22. The highest BCUT2D eigenvalue weighted by Gasteiger charge is 2.43. The lowest BCUT2D eigenvalue weighted by molar-refractivity contribution is 0.0951. The molecule has 1 aliphatic heterocycles. The minimum absolute atomic E-state index is 0.0390. The maximum absolute atomic E-state index is 7.79. The molecule has 1 aromatic heterocycles. The van der Waals surface area contributed by atoms with Gasteiger partial charge in [0.25, 0.3) is 0 Å². The van der Waals surface area contributed by atoms with Gasteiger partial charge in [0.1, 0.15) is 18.7 Å². The van der Waals surface area contributed by atoms with Crippen LogP contribution < -0.4 is 4.90 Å². The maximum atomic E-state index is 7.79. The van der Waals surface area contributed by atoms with Gasteiger partial charge in [0, 0.05) is 37.8 Å². The molecule has 2 heterocycles. The standard InChI is InChI=1S/C67H70N4OS/c1-10-12-14-16-18-20-44-67(45-21-19-17-15-13-11-2)61-46-49(4)24-41-58(61)59-42-30-52(47-62(59)67)51-28-35-55(36-29-51)71(53-31-22-48(3)23-32-53)54-33-25-50(26-34-54)27-37-56-38-39-57(73-56)40-43-60-63(68-7)64(65(69-8)70-9)72-66(60,5)6/h22-43,46-47H,10-21,44-45H2,1-6H3/b37-27+,43-40+. The Hall–Kier alpha value is -7.17. The first-order chi connectivity index (χ1) is 35.5. The molecule has 5 aromatic carbocycles. The number of nitrogens with zero attached hydrogens (tertiary/aromatic N) is 4. The number of benzene rings is 5. The summed E-state index contributed by atoms with van der Waals surface area (Å²) < 4.78 is 5.96. The highest BCUT2D eigenvalue weighted by molar-refractivity contribution is 7.13. The molecular weight excluding hydrogens is 909 g/mol. The van der Waals surface area contributed by atoms with E-state index in [2.05, 4.69) is 181 Å². The van der Waals surface area contributed by atoms with E-state index in [-0.39, 0.29) is 22.7 Å². The van der Waals surface area contributed by atoms with Gasteiger partial charge in [-0.2, -0.15) is 9.69 Å². The summed E-state index contributed by atoms with van der Waals surface area (Å²) in [4.78, 5) is 14.7. The maximum Gasteiger partial charge on any atom is 0.550 e. The van der Waals surface area contributed by atoms with Gasteiger partial charge in [-0.25, -0.2) is 4.85 Å². The Kier molecular flexibility index (Phi) is 17.2. The molecule has 0 radical (unpaired) electrons. The van der Waals surface area contributed by atoms with Crippen LogP contribution in [0.5, 0.6) is 0 Å². The van der Waals surface area contributed by atoms with Crippen LogP contribution in [0.4, 0.5) is 17.1 Å². The summed E-state index contributed by atoms with van der Waals surface area (Å²) >= 11 is 1.65. The van der Waals surface area contributed by atoms with Crippen molar-refractivity contribution in [2.75, 3.05) is 4.90 Å². The van der Waals surface area contributed by atoms with Gasteiger partial charge < -0.3 is 9.64 Å². The number of anilines is 3. The number of unbranched alkanes of at least 4 members (excludes halogenated alkanes) is 10. The zero-order valence-corrected chi connectivity index (χ0v) is 44.7. The SMILES string of the molecule is [C-]#[N+]C([N+]#[C-])=C1OC(C)(C)C(/C=C/c2ccc(/C=C/c3ccc(N(c4ccc(C)cc4)c4ccc(-c5ccc6c(c5)C(CCCCCCCC)(CCCCCCCC)c5cc(C)ccc5-6)cc4)cc3)s2)=C1[N+]#[C-]. The average molecular weight is 979 g/mol. The summed E-state index contributed by atoms with van der Waals surface area (Å²) in [5.74, 6) is -0.154. The predicted octanol–water partition coefficient (Wildman–Crippen LogP) is 20.4. The van der Waals surface area contributed by atoms with Crippen LogP contribution in [0.2, 0.25) is 0 Å². The van der Waals surface area contributed by atoms with Gasteiger partial charge in [-0.05, 0) is 146 Å². The van der Waals surface area contributed by atoms with E-state index in [0.29, 0.717) is 5.57 Å². The topological polar surface area (TPSA) is 25.6 Å². The van der Waals surface area contributed by atoms with Crippen molar-refractivity contribution >= 4 is 46.6 Å². The zero-order valence-electron chi connectivity index (χ0n) is 43.9. The number of hydrogen-bond acceptors (Lipinski definition) is 3. The quantitative estimate of drug-likeness (QED) is 0.0500. The normalized spacial score (nSPS) is 14.2. The van der Waals surface area contributed by atoms with Crippen LogP contribution in [0.3, 0.4) is 0 Å². The molecule has 0 fully saturated rings. The van der Waals surface area contributed by atoms with Gasteiger partial charge in [0.2, 0.25) is 11.5 Å². The Labute approximate surface area is 440 Å². The van der Waals surface area contributed by atoms with Gasteiger partial charge in [-0.3, -0.25) is 0 Å². The molecular formula is C67H70N4OS. The molecule has 0 amide bonds.